The SMILES string of the molecule is O=C(NC1CCCN(c2ncccn2)C1)c1cnc(-c2ccccc2)s1. The number of aromatic nitrogens is 3. The number of carbonyl (C=O) groups excluding carboxylic acids is 1. The molecule has 1 saturated heterocycles. The van der Waals surface area contributed by atoms with Gasteiger partial charge in [-0.05, 0) is 18.9 Å². The summed E-state index contributed by atoms with van der Waals surface area (Å²) in [4.78, 5) is 28.4. The van der Waals surface area contributed by atoms with Crippen molar-refractivity contribution < 1.29 is 4.79 Å². The molecular weight excluding hydrogens is 346 g/mol. The largest absolute Gasteiger partial charge is 0.347 e. The maximum absolute atomic E-state index is 12.6. The highest BCUT2D eigenvalue weighted by atomic mass is 32.1. The molecule has 26 heavy (non-hydrogen) atoms. The van der Waals surface area contributed by atoms with Crippen LogP contribution in [0.5, 0.6) is 0 Å². The predicted octanol–water partition coefficient (Wildman–Crippen LogP) is 3.00. The number of hydrogen-bond acceptors (Lipinski definition) is 6. The highest BCUT2D eigenvalue weighted by molar-refractivity contribution is 7.16. The third-order valence-electron chi connectivity index (χ3n) is 4.34. The molecule has 1 atom stereocenters. The van der Waals surface area contributed by atoms with Crippen LogP contribution in [-0.2, 0) is 0 Å². The van der Waals surface area contributed by atoms with Crippen LogP contribution in [0.1, 0.15) is 22.5 Å². The first kappa shape index (κ1) is 16.7. The van der Waals surface area contributed by atoms with Crippen molar-refractivity contribution in [2.75, 3.05) is 18.0 Å². The van der Waals surface area contributed by atoms with Gasteiger partial charge in [-0.25, -0.2) is 15.0 Å². The maximum atomic E-state index is 12.6. The standard InChI is InChI=1S/C19H19N5OS/c25-17(16-12-22-18(26-16)14-6-2-1-3-7-14)23-15-8-4-11-24(13-15)19-20-9-5-10-21-19/h1-3,5-7,9-10,12,15H,4,8,11,13H2,(H,23,25). The Bertz CT molecular complexity index is 868. The molecule has 2 aromatic heterocycles. The lowest BCUT2D eigenvalue weighted by Gasteiger charge is -2.32. The van der Waals surface area contributed by atoms with E-state index in [2.05, 4.69) is 25.2 Å². The van der Waals surface area contributed by atoms with E-state index in [9.17, 15) is 4.79 Å². The molecule has 3 aromatic rings. The summed E-state index contributed by atoms with van der Waals surface area (Å²) < 4.78 is 0. The van der Waals surface area contributed by atoms with Crippen molar-refractivity contribution >= 4 is 23.2 Å². The first-order chi connectivity index (χ1) is 12.8. The summed E-state index contributed by atoms with van der Waals surface area (Å²) in [7, 11) is 0. The van der Waals surface area contributed by atoms with Crippen molar-refractivity contribution in [2.24, 2.45) is 0 Å². The number of hydrogen-bond donors (Lipinski definition) is 1. The molecule has 0 bridgehead atoms. The second-order valence-corrected chi connectivity index (χ2v) is 7.23. The Labute approximate surface area is 155 Å². The summed E-state index contributed by atoms with van der Waals surface area (Å²) in [5, 5.41) is 3.99. The second-order valence-electron chi connectivity index (χ2n) is 6.20. The second kappa shape index (κ2) is 7.61. The lowest BCUT2D eigenvalue weighted by molar-refractivity contribution is 0.0937. The lowest BCUT2D eigenvalue weighted by atomic mass is 10.1. The highest BCUT2D eigenvalue weighted by Gasteiger charge is 2.24. The van der Waals surface area contributed by atoms with E-state index < -0.39 is 0 Å². The number of carbonyl (C=O) groups is 1. The van der Waals surface area contributed by atoms with Crippen molar-refractivity contribution in [3.05, 3.63) is 59.9 Å². The molecule has 3 heterocycles. The van der Waals surface area contributed by atoms with Crippen molar-refractivity contribution in [1.82, 2.24) is 20.3 Å². The number of rotatable bonds is 4. The van der Waals surface area contributed by atoms with Crippen LogP contribution in [0, 0.1) is 0 Å². The number of amides is 1. The van der Waals surface area contributed by atoms with Gasteiger partial charge in [0.1, 0.15) is 9.88 Å². The molecule has 1 amide bonds. The van der Waals surface area contributed by atoms with Gasteiger partial charge in [0.2, 0.25) is 5.95 Å². The van der Waals surface area contributed by atoms with Gasteiger partial charge in [0.15, 0.2) is 0 Å². The van der Waals surface area contributed by atoms with E-state index >= 15 is 0 Å². The quantitative estimate of drug-likeness (QED) is 0.770. The Kier molecular flexibility index (Phi) is 4.88. The third kappa shape index (κ3) is 3.72. The van der Waals surface area contributed by atoms with Crippen molar-refractivity contribution in [2.45, 2.75) is 18.9 Å². The van der Waals surface area contributed by atoms with Crippen LogP contribution in [0.3, 0.4) is 0 Å². The molecule has 1 N–H and O–H groups in total. The molecule has 1 fully saturated rings. The molecular formula is C19H19N5OS. The minimum Gasteiger partial charge on any atom is -0.347 e. The Morgan fingerprint density at radius 3 is 2.73 bits per heavy atom. The molecule has 1 aliphatic heterocycles. The van der Waals surface area contributed by atoms with E-state index in [-0.39, 0.29) is 11.9 Å². The van der Waals surface area contributed by atoms with Crippen molar-refractivity contribution in [1.29, 1.82) is 0 Å². The van der Waals surface area contributed by atoms with Crippen LogP contribution in [0.2, 0.25) is 0 Å². The minimum atomic E-state index is -0.0643. The molecule has 7 heteroatoms. The van der Waals surface area contributed by atoms with Gasteiger partial charge in [0.25, 0.3) is 5.91 Å². The highest BCUT2D eigenvalue weighted by Crippen LogP contribution is 2.25. The zero-order valence-corrected chi connectivity index (χ0v) is 15.0. The maximum Gasteiger partial charge on any atom is 0.263 e. The van der Waals surface area contributed by atoms with E-state index in [1.165, 1.54) is 11.3 Å². The summed E-state index contributed by atoms with van der Waals surface area (Å²) in [6, 6.07) is 11.8. The zero-order chi connectivity index (χ0) is 17.8. The molecule has 132 valence electrons. The van der Waals surface area contributed by atoms with Gasteiger partial charge in [-0.15, -0.1) is 11.3 Å². The van der Waals surface area contributed by atoms with Crippen LogP contribution >= 0.6 is 11.3 Å². The first-order valence-electron chi connectivity index (χ1n) is 8.64. The fourth-order valence-corrected chi connectivity index (χ4v) is 3.91. The summed E-state index contributed by atoms with van der Waals surface area (Å²) in [6.45, 7) is 1.63. The predicted molar refractivity (Wildman–Crippen MR) is 102 cm³/mol. The minimum absolute atomic E-state index is 0.0643. The fourth-order valence-electron chi connectivity index (χ4n) is 3.08. The third-order valence-corrected chi connectivity index (χ3v) is 5.39. The summed E-state index contributed by atoms with van der Waals surface area (Å²) in [5.41, 5.74) is 1.03. The molecule has 0 aliphatic carbocycles. The monoisotopic (exact) mass is 365 g/mol. The average molecular weight is 365 g/mol. The Morgan fingerprint density at radius 2 is 1.92 bits per heavy atom. The Hall–Kier alpha value is -2.80. The summed E-state index contributed by atoms with van der Waals surface area (Å²) >= 11 is 1.42. The van der Waals surface area contributed by atoms with Gasteiger partial charge >= 0.3 is 0 Å². The van der Waals surface area contributed by atoms with Gasteiger partial charge in [-0.3, -0.25) is 4.79 Å². The van der Waals surface area contributed by atoms with Crippen molar-refractivity contribution in [3.8, 4) is 10.6 Å². The molecule has 0 spiro atoms. The summed E-state index contributed by atoms with van der Waals surface area (Å²) in [5.74, 6) is 0.654. The lowest BCUT2D eigenvalue weighted by Crippen LogP contribution is -2.48. The Morgan fingerprint density at radius 1 is 1.12 bits per heavy atom. The number of nitrogens with one attached hydrogen (secondary N) is 1. The molecule has 0 saturated carbocycles. The van der Waals surface area contributed by atoms with E-state index in [0.29, 0.717) is 4.88 Å². The normalized spacial score (nSPS) is 17.1. The number of nitrogens with zero attached hydrogens (tertiary/aromatic N) is 4. The topological polar surface area (TPSA) is 71.0 Å². The number of piperidine rings is 1. The Balaban J connectivity index is 1.41. The van der Waals surface area contributed by atoms with Crippen LogP contribution < -0.4 is 10.2 Å². The van der Waals surface area contributed by atoms with E-state index in [0.717, 1.165) is 42.5 Å². The molecule has 1 aromatic carbocycles. The zero-order valence-electron chi connectivity index (χ0n) is 14.2. The summed E-state index contributed by atoms with van der Waals surface area (Å²) in [6.07, 6.45) is 7.10. The van der Waals surface area contributed by atoms with Crippen LogP contribution in [-0.4, -0.2) is 40.0 Å². The van der Waals surface area contributed by atoms with Gasteiger partial charge in [-0.2, -0.15) is 0 Å². The van der Waals surface area contributed by atoms with E-state index in [1.807, 2.05) is 30.3 Å². The van der Waals surface area contributed by atoms with E-state index in [1.54, 1.807) is 24.7 Å². The van der Waals surface area contributed by atoms with Gasteiger partial charge in [0.05, 0.1) is 6.20 Å². The van der Waals surface area contributed by atoms with Crippen LogP contribution in [0.15, 0.2) is 55.0 Å². The van der Waals surface area contributed by atoms with Crippen molar-refractivity contribution in [3.63, 3.8) is 0 Å². The number of thiazole rings is 1. The fraction of sp³-hybridized carbons (Fsp3) is 0.263. The molecule has 6 nitrogen and oxygen atoms in total. The van der Waals surface area contributed by atoms with Crippen LogP contribution in [0.25, 0.3) is 10.6 Å². The molecule has 4 rings (SSSR count). The van der Waals surface area contributed by atoms with Gasteiger partial charge < -0.3 is 10.2 Å². The van der Waals surface area contributed by atoms with E-state index in [4.69, 9.17) is 0 Å². The first-order valence-corrected chi connectivity index (χ1v) is 9.45. The number of anilines is 1. The average Bonchev–Trinajstić information content (AvgIpc) is 3.20. The van der Waals surface area contributed by atoms with Gasteiger partial charge in [0, 0.05) is 37.1 Å². The number of benzene rings is 1. The molecule has 1 unspecified atom stereocenters. The van der Waals surface area contributed by atoms with Crippen LogP contribution in [0.4, 0.5) is 5.95 Å². The molecule has 1 aliphatic rings. The molecule has 0 radical (unpaired) electrons. The smallest absolute Gasteiger partial charge is 0.263 e. The van der Waals surface area contributed by atoms with Gasteiger partial charge in [-0.1, -0.05) is 30.3 Å².